The predicted molar refractivity (Wildman–Crippen MR) is 77.7 cm³/mol. The molecule has 0 saturated heterocycles. The van der Waals surface area contributed by atoms with E-state index in [2.05, 4.69) is 20.3 Å². The van der Waals surface area contributed by atoms with Crippen LogP contribution in [0.4, 0.5) is 5.95 Å². The van der Waals surface area contributed by atoms with Crippen molar-refractivity contribution in [1.82, 2.24) is 24.8 Å². The quantitative estimate of drug-likeness (QED) is 0.608. The van der Waals surface area contributed by atoms with Gasteiger partial charge in [0.1, 0.15) is 5.76 Å². The maximum absolute atomic E-state index is 11.8. The molecular formula is C13H14N6O3. The Hall–Kier alpha value is -3.10. The zero-order valence-electron chi connectivity index (χ0n) is 11.6. The third-order valence-electron chi connectivity index (χ3n) is 3.11. The van der Waals surface area contributed by atoms with E-state index in [1.165, 1.54) is 6.33 Å². The summed E-state index contributed by atoms with van der Waals surface area (Å²) >= 11 is 0. The van der Waals surface area contributed by atoms with Gasteiger partial charge in [0.25, 0.3) is 5.56 Å². The number of rotatable bonds is 5. The molecule has 9 heteroatoms. The Morgan fingerprint density at radius 1 is 1.50 bits per heavy atom. The van der Waals surface area contributed by atoms with Gasteiger partial charge in [-0.1, -0.05) is 0 Å². The average Bonchev–Trinajstić information content (AvgIpc) is 3.12. The molecule has 0 bridgehead atoms. The van der Waals surface area contributed by atoms with E-state index in [0.717, 1.165) is 0 Å². The van der Waals surface area contributed by atoms with Gasteiger partial charge >= 0.3 is 0 Å². The fourth-order valence-electron chi connectivity index (χ4n) is 2.04. The van der Waals surface area contributed by atoms with Crippen LogP contribution in [0.1, 0.15) is 12.2 Å². The summed E-state index contributed by atoms with van der Waals surface area (Å²) in [5.41, 5.74) is 5.67. The average molecular weight is 302 g/mol. The number of hydrogen-bond acceptors (Lipinski definition) is 6. The van der Waals surface area contributed by atoms with Gasteiger partial charge < -0.3 is 20.0 Å². The first-order valence-electron chi connectivity index (χ1n) is 6.63. The van der Waals surface area contributed by atoms with Crippen molar-refractivity contribution in [2.24, 2.45) is 0 Å². The molecule has 0 fully saturated rings. The summed E-state index contributed by atoms with van der Waals surface area (Å²) in [6.07, 6.45) is 3.24. The molecule has 0 aromatic carbocycles. The van der Waals surface area contributed by atoms with E-state index < -0.39 is 5.56 Å². The van der Waals surface area contributed by atoms with Crippen LogP contribution in [-0.4, -0.2) is 25.4 Å². The molecule has 0 aliphatic rings. The highest BCUT2D eigenvalue weighted by atomic mass is 16.3. The third-order valence-corrected chi connectivity index (χ3v) is 3.11. The number of aryl methyl sites for hydroxylation is 1. The van der Waals surface area contributed by atoms with E-state index in [-0.39, 0.29) is 23.8 Å². The Labute approximate surface area is 124 Å². The lowest BCUT2D eigenvalue weighted by Crippen LogP contribution is -2.23. The first kappa shape index (κ1) is 13.9. The van der Waals surface area contributed by atoms with Gasteiger partial charge in [-0.3, -0.25) is 14.6 Å². The summed E-state index contributed by atoms with van der Waals surface area (Å²) < 4.78 is 6.74. The number of furan rings is 1. The second-order valence-corrected chi connectivity index (χ2v) is 4.67. The van der Waals surface area contributed by atoms with Crippen molar-refractivity contribution in [2.75, 3.05) is 5.73 Å². The van der Waals surface area contributed by atoms with Crippen molar-refractivity contribution in [3.8, 4) is 0 Å². The molecule has 3 aromatic rings. The number of nitrogens with two attached hydrogens (primary N) is 1. The molecule has 3 heterocycles. The molecule has 0 spiro atoms. The van der Waals surface area contributed by atoms with Gasteiger partial charge in [0.2, 0.25) is 11.9 Å². The smallest absolute Gasteiger partial charge is 0.280 e. The van der Waals surface area contributed by atoms with E-state index in [0.29, 0.717) is 24.5 Å². The zero-order chi connectivity index (χ0) is 15.5. The molecule has 9 nitrogen and oxygen atoms in total. The second kappa shape index (κ2) is 5.72. The molecule has 0 atom stereocenters. The Balaban J connectivity index is 1.64. The molecular weight excluding hydrogens is 288 g/mol. The highest BCUT2D eigenvalue weighted by Gasteiger charge is 2.10. The Morgan fingerprint density at radius 2 is 2.36 bits per heavy atom. The largest absolute Gasteiger partial charge is 0.467 e. The van der Waals surface area contributed by atoms with Gasteiger partial charge in [0.05, 0.1) is 19.1 Å². The minimum atomic E-state index is -0.400. The van der Waals surface area contributed by atoms with Gasteiger partial charge in [0.15, 0.2) is 11.2 Å². The standard InChI is InChI=1S/C13H14N6O3/c14-13-17-11-10(12(21)18-13)16-7-19(11)4-3-9(20)15-6-8-2-1-5-22-8/h1-2,5,7H,3-4,6H2,(H,15,20)(H3,14,17,18,21). The third kappa shape index (κ3) is 2.82. The molecule has 0 radical (unpaired) electrons. The first-order valence-corrected chi connectivity index (χ1v) is 6.63. The summed E-state index contributed by atoms with van der Waals surface area (Å²) in [7, 11) is 0. The van der Waals surface area contributed by atoms with E-state index in [1.807, 2.05) is 0 Å². The van der Waals surface area contributed by atoms with Gasteiger partial charge in [-0.25, -0.2) is 4.98 Å². The van der Waals surface area contributed by atoms with Crippen LogP contribution in [0, 0.1) is 0 Å². The number of carbonyl (C=O) groups excluding carboxylic acids is 1. The van der Waals surface area contributed by atoms with Crippen LogP contribution in [0.5, 0.6) is 0 Å². The van der Waals surface area contributed by atoms with Crippen molar-refractivity contribution < 1.29 is 9.21 Å². The van der Waals surface area contributed by atoms with Crippen LogP contribution < -0.4 is 16.6 Å². The van der Waals surface area contributed by atoms with Crippen molar-refractivity contribution in [3.05, 3.63) is 40.8 Å². The zero-order valence-corrected chi connectivity index (χ0v) is 11.6. The number of carbonyl (C=O) groups is 1. The highest BCUT2D eigenvalue weighted by molar-refractivity contribution is 5.76. The van der Waals surface area contributed by atoms with Crippen molar-refractivity contribution in [2.45, 2.75) is 19.5 Å². The van der Waals surface area contributed by atoms with Crippen LogP contribution in [0.15, 0.2) is 33.9 Å². The Kier molecular flexibility index (Phi) is 3.60. The van der Waals surface area contributed by atoms with E-state index in [4.69, 9.17) is 10.2 Å². The van der Waals surface area contributed by atoms with Gasteiger partial charge in [0, 0.05) is 13.0 Å². The van der Waals surface area contributed by atoms with Crippen molar-refractivity contribution in [1.29, 1.82) is 0 Å². The maximum atomic E-state index is 11.8. The number of nitrogens with zero attached hydrogens (tertiary/aromatic N) is 3. The Bertz CT molecular complexity index is 848. The van der Waals surface area contributed by atoms with Crippen LogP contribution in [0.2, 0.25) is 0 Å². The predicted octanol–water partition coefficient (Wildman–Crippen LogP) is 0.00130. The van der Waals surface area contributed by atoms with Gasteiger partial charge in [-0.15, -0.1) is 0 Å². The van der Waals surface area contributed by atoms with Crippen LogP contribution >= 0.6 is 0 Å². The van der Waals surface area contributed by atoms with Gasteiger partial charge in [-0.05, 0) is 12.1 Å². The number of anilines is 1. The maximum Gasteiger partial charge on any atom is 0.280 e. The molecule has 22 heavy (non-hydrogen) atoms. The number of H-pyrrole nitrogens is 1. The number of hydrogen-bond donors (Lipinski definition) is 3. The molecule has 3 aromatic heterocycles. The summed E-state index contributed by atoms with van der Waals surface area (Å²) in [6.45, 7) is 0.678. The topological polar surface area (TPSA) is 132 Å². The number of fused-ring (bicyclic) bond motifs is 1. The SMILES string of the molecule is Nc1nc2c(ncn2CCC(=O)NCc2ccco2)c(=O)[nH]1. The molecule has 0 unspecified atom stereocenters. The van der Waals surface area contributed by atoms with Crippen LogP contribution in [0.25, 0.3) is 11.2 Å². The van der Waals surface area contributed by atoms with E-state index >= 15 is 0 Å². The molecule has 0 aliphatic carbocycles. The number of nitrogen functional groups attached to an aromatic ring is 1. The number of imidazole rings is 1. The summed E-state index contributed by atoms with van der Waals surface area (Å²) in [5.74, 6) is 0.556. The molecule has 4 N–H and O–H groups in total. The van der Waals surface area contributed by atoms with Crippen molar-refractivity contribution in [3.63, 3.8) is 0 Å². The number of amides is 1. The fraction of sp³-hybridized carbons (Fsp3) is 0.231. The molecule has 0 saturated carbocycles. The monoisotopic (exact) mass is 302 g/mol. The van der Waals surface area contributed by atoms with Crippen LogP contribution in [-0.2, 0) is 17.9 Å². The Morgan fingerprint density at radius 3 is 3.14 bits per heavy atom. The highest BCUT2D eigenvalue weighted by Crippen LogP contribution is 2.07. The fourth-order valence-corrected chi connectivity index (χ4v) is 2.04. The lowest BCUT2D eigenvalue weighted by atomic mass is 10.3. The normalized spacial score (nSPS) is 10.9. The van der Waals surface area contributed by atoms with E-state index in [1.54, 1.807) is 23.0 Å². The molecule has 1 amide bonds. The van der Waals surface area contributed by atoms with Crippen LogP contribution in [0.3, 0.4) is 0 Å². The lowest BCUT2D eigenvalue weighted by Gasteiger charge is -2.05. The minimum Gasteiger partial charge on any atom is -0.467 e. The molecule has 114 valence electrons. The van der Waals surface area contributed by atoms with Crippen molar-refractivity contribution >= 4 is 23.0 Å². The number of aromatic amines is 1. The minimum absolute atomic E-state index is 0.0153. The summed E-state index contributed by atoms with van der Waals surface area (Å²) in [5, 5.41) is 2.74. The molecule has 3 rings (SSSR count). The molecule has 0 aliphatic heterocycles. The van der Waals surface area contributed by atoms with E-state index in [9.17, 15) is 9.59 Å². The number of aromatic nitrogens is 4. The first-order chi connectivity index (χ1) is 10.6. The lowest BCUT2D eigenvalue weighted by molar-refractivity contribution is -0.121. The number of nitrogens with one attached hydrogen (secondary N) is 2. The summed E-state index contributed by atoms with van der Waals surface area (Å²) in [6, 6.07) is 3.54. The summed E-state index contributed by atoms with van der Waals surface area (Å²) in [4.78, 5) is 33.8. The van der Waals surface area contributed by atoms with Gasteiger partial charge in [-0.2, -0.15) is 4.98 Å². The second-order valence-electron chi connectivity index (χ2n) is 4.67.